The number of hydrogen-bond acceptors (Lipinski definition) is 4. The molecule has 0 aliphatic carbocycles. The molecule has 1 heterocycles. The molecule has 0 aromatic heterocycles. The van der Waals surface area contributed by atoms with Gasteiger partial charge in [0.25, 0.3) is 0 Å². The standard InChI is InChI=1S/C15H16N2O2/c16-12-6-5-9-3-1-2-4-11(9)14(12)15(19)13-7-10(18)8-17-13/h1-6,10,13,17-18H,7-8,16H2/t10?,13-/m0/s1. The van der Waals surface area contributed by atoms with E-state index >= 15 is 0 Å². The molecule has 1 aliphatic rings. The number of ketones is 1. The molecule has 0 amide bonds. The molecule has 4 heteroatoms. The van der Waals surface area contributed by atoms with Crippen LogP contribution in [0.25, 0.3) is 10.8 Å². The van der Waals surface area contributed by atoms with E-state index in [1.165, 1.54) is 0 Å². The maximum absolute atomic E-state index is 12.6. The second kappa shape index (κ2) is 4.64. The second-order valence-corrected chi connectivity index (χ2v) is 4.97. The minimum absolute atomic E-state index is 0.0362. The number of rotatable bonds is 2. The highest BCUT2D eigenvalue weighted by Gasteiger charge is 2.30. The van der Waals surface area contributed by atoms with Crippen LogP contribution in [0.4, 0.5) is 5.69 Å². The van der Waals surface area contributed by atoms with Crippen molar-refractivity contribution in [1.29, 1.82) is 0 Å². The maximum atomic E-state index is 12.6. The Bertz CT molecular complexity index is 639. The molecule has 0 radical (unpaired) electrons. The first-order valence-electron chi connectivity index (χ1n) is 6.39. The van der Waals surface area contributed by atoms with Crippen molar-refractivity contribution in [3.05, 3.63) is 42.0 Å². The second-order valence-electron chi connectivity index (χ2n) is 4.97. The zero-order valence-electron chi connectivity index (χ0n) is 10.5. The lowest BCUT2D eigenvalue weighted by Gasteiger charge is -2.13. The van der Waals surface area contributed by atoms with E-state index in [4.69, 9.17) is 5.73 Å². The lowest BCUT2D eigenvalue weighted by atomic mass is 9.95. The highest BCUT2D eigenvalue weighted by molar-refractivity contribution is 6.14. The summed E-state index contributed by atoms with van der Waals surface area (Å²) in [6.07, 6.45) is -0.00764. The van der Waals surface area contributed by atoms with Crippen LogP contribution in [0.15, 0.2) is 36.4 Å². The molecular weight excluding hydrogens is 240 g/mol. The number of hydrogen-bond donors (Lipinski definition) is 3. The van der Waals surface area contributed by atoms with Gasteiger partial charge in [-0.25, -0.2) is 0 Å². The molecule has 1 saturated heterocycles. The summed E-state index contributed by atoms with van der Waals surface area (Å²) in [5.41, 5.74) is 7.03. The number of nitrogens with two attached hydrogens (primary N) is 1. The molecule has 4 nitrogen and oxygen atoms in total. The third-order valence-electron chi connectivity index (χ3n) is 3.63. The Labute approximate surface area is 111 Å². The third-order valence-corrected chi connectivity index (χ3v) is 3.63. The number of Topliss-reactive ketones (excluding diaryl/α,β-unsaturated/α-hetero) is 1. The Morgan fingerprint density at radius 1 is 1.26 bits per heavy atom. The molecule has 4 N–H and O–H groups in total. The molecule has 1 unspecified atom stereocenters. The number of β-amino-alcohol motifs (C(OH)–C–C–N with tert-alkyl or cyclic N) is 1. The minimum atomic E-state index is -0.454. The number of carbonyl (C=O) groups excluding carboxylic acids is 1. The topological polar surface area (TPSA) is 75.4 Å². The van der Waals surface area contributed by atoms with Gasteiger partial charge in [-0.3, -0.25) is 4.79 Å². The summed E-state index contributed by atoms with van der Waals surface area (Å²) in [7, 11) is 0. The van der Waals surface area contributed by atoms with E-state index < -0.39 is 6.10 Å². The van der Waals surface area contributed by atoms with Gasteiger partial charge in [0, 0.05) is 17.8 Å². The molecule has 2 aromatic rings. The number of aliphatic hydroxyl groups is 1. The van der Waals surface area contributed by atoms with E-state index in [1.807, 2.05) is 30.3 Å². The molecule has 3 rings (SSSR count). The summed E-state index contributed by atoms with van der Waals surface area (Å²) >= 11 is 0. The number of anilines is 1. The van der Waals surface area contributed by atoms with Gasteiger partial charge in [0.05, 0.1) is 12.1 Å². The number of benzene rings is 2. The fourth-order valence-corrected chi connectivity index (χ4v) is 2.65. The Balaban J connectivity index is 2.08. The predicted molar refractivity (Wildman–Crippen MR) is 75.1 cm³/mol. The van der Waals surface area contributed by atoms with Crippen LogP contribution in [-0.2, 0) is 0 Å². The smallest absolute Gasteiger partial charge is 0.182 e. The minimum Gasteiger partial charge on any atom is -0.398 e. The van der Waals surface area contributed by atoms with Crippen molar-refractivity contribution in [3.63, 3.8) is 0 Å². The van der Waals surface area contributed by atoms with Crippen LogP contribution in [0.1, 0.15) is 16.8 Å². The molecule has 19 heavy (non-hydrogen) atoms. The normalized spacial score (nSPS) is 22.8. The van der Waals surface area contributed by atoms with Crippen LogP contribution >= 0.6 is 0 Å². The monoisotopic (exact) mass is 256 g/mol. The Morgan fingerprint density at radius 2 is 2.05 bits per heavy atom. The van der Waals surface area contributed by atoms with Crippen LogP contribution in [-0.4, -0.2) is 29.6 Å². The molecule has 0 bridgehead atoms. The molecule has 0 spiro atoms. The molecule has 0 saturated carbocycles. The van der Waals surface area contributed by atoms with Gasteiger partial charge < -0.3 is 16.2 Å². The molecule has 1 fully saturated rings. The summed E-state index contributed by atoms with van der Waals surface area (Å²) in [5.74, 6) is -0.0362. The van der Waals surface area contributed by atoms with Gasteiger partial charge in [-0.05, 0) is 23.3 Å². The number of carbonyl (C=O) groups is 1. The van der Waals surface area contributed by atoms with Crippen LogP contribution in [0, 0.1) is 0 Å². The van der Waals surface area contributed by atoms with Crippen molar-refractivity contribution in [1.82, 2.24) is 5.32 Å². The van der Waals surface area contributed by atoms with Gasteiger partial charge in [-0.15, -0.1) is 0 Å². The first-order chi connectivity index (χ1) is 9.16. The quantitative estimate of drug-likeness (QED) is 0.559. The zero-order chi connectivity index (χ0) is 13.4. The SMILES string of the molecule is Nc1ccc2ccccc2c1C(=O)[C@@H]1CC(O)CN1. The Kier molecular flexibility index (Phi) is 2.97. The Morgan fingerprint density at radius 3 is 2.79 bits per heavy atom. The van der Waals surface area contributed by atoms with Crippen molar-refractivity contribution in [2.24, 2.45) is 0 Å². The van der Waals surface area contributed by atoms with Crippen molar-refractivity contribution in [2.45, 2.75) is 18.6 Å². The number of nitrogen functional groups attached to an aromatic ring is 1. The average Bonchev–Trinajstić information content (AvgIpc) is 2.85. The van der Waals surface area contributed by atoms with Gasteiger partial charge in [-0.1, -0.05) is 30.3 Å². The summed E-state index contributed by atoms with van der Waals surface area (Å²) in [6.45, 7) is 0.459. The van der Waals surface area contributed by atoms with E-state index in [2.05, 4.69) is 5.32 Å². The third kappa shape index (κ3) is 2.09. The fraction of sp³-hybridized carbons (Fsp3) is 0.267. The molecule has 1 aliphatic heterocycles. The number of aliphatic hydroxyl groups excluding tert-OH is 1. The van der Waals surface area contributed by atoms with Gasteiger partial charge in [0.2, 0.25) is 0 Å². The maximum Gasteiger partial charge on any atom is 0.182 e. The number of fused-ring (bicyclic) bond motifs is 1. The van der Waals surface area contributed by atoms with Gasteiger partial charge in [0.1, 0.15) is 0 Å². The van der Waals surface area contributed by atoms with E-state index in [0.717, 1.165) is 10.8 Å². The Hall–Kier alpha value is -1.91. The van der Waals surface area contributed by atoms with E-state index in [-0.39, 0.29) is 11.8 Å². The fourth-order valence-electron chi connectivity index (χ4n) is 2.65. The van der Waals surface area contributed by atoms with Gasteiger partial charge in [0.15, 0.2) is 5.78 Å². The van der Waals surface area contributed by atoms with Crippen molar-refractivity contribution < 1.29 is 9.90 Å². The highest BCUT2D eigenvalue weighted by atomic mass is 16.3. The first kappa shape index (κ1) is 12.1. The van der Waals surface area contributed by atoms with Crippen molar-refractivity contribution in [2.75, 3.05) is 12.3 Å². The van der Waals surface area contributed by atoms with Crippen LogP contribution in [0.5, 0.6) is 0 Å². The van der Waals surface area contributed by atoms with Gasteiger partial charge >= 0.3 is 0 Å². The summed E-state index contributed by atoms with van der Waals surface area (Å²) < 4.78 is 0. The largest absolute Gasteiger partial charge is 0.398 e. The van der Waals surface area contributed by atoms with Gasteiger partial charge in [-0.2, -0.15) is 0 Å². The lowest BCUT2D eigenvalue weighted by Crippen LogP contribution is -2.31. The van der Waals surface area contributed by atoms with Crippen LogP contribution in [0.2, 0.25) is 0 Å². The van der Waals surface area contributed by atoms with Crippen molar-refractivity contribution >= 4 is 22.2 Å². The summed E-state index contributed by atoms with van der Waals surface area (Å²) in [5, 5.41) is 14.4. The van der Waals surface area contributed by atoms with Crippen LogP contribution < -0.4 is 11.1 Å². The van der Waals surface area contributed by atoms with E-state index in [9.17, 15) is 9.90 Å². The van der Waals surface area contributed by atoms with Crippen molar-refractivity contribution in [3.8, 4) is 0 Å². The summed E-state index contributed by atoms with van der Waals surface area (Å²) in [4.78, 5) is 12.6. The molecular formula is C15H16N2O2. The molecule has 2 aromatic carbocycles. The average molecular weight is 256 g/mol. The highest BCUT2D eigenvalue weighted by Crippen LogP contribution is 2.27. The van der Waals surface area contributed by atoms with E-state index in [0.29, 0.717) is 24.2 Å². The summed E-state index contributed by atoms with van der Waals surface area (Å²) in [6, 6.07) is 11.0. The first-order valence-corrected chi connectivity index (χ1v) is 6.39. The molecule has 2 atom stereocenters. The predicted octanol–water partition coefficient (Wildman–Crippen LogP) is 1.33. The molecule has 98 valence electrons. The zero-order valence-corrected chi connectivity index (χ0v) is 10.5. The lowest BCUT2D eigenvalue weighted by molar-refractivity contribution is 0.0945. The number of nitrogens with one attached hydrogen (secondary N) is 1. The van der Waals surface area contributed by atoms with E-state index in [1.54, 1.807) is 6.07 Å². The van der Waals surface area contributed by atoms with Crippen LogP contribution in [0.3, 0.4) is 0 Å².